The summed E-state index contributed by atoms with van der Waals surface area (Å²) >= 11 is 0. The number of hydrogen-bond donors (Lipinski definition) is 2. The average Bonchev–Trinajstić information content (AvgIpc) is 2.56. The van der Waals surface area contributed by atoms with Gasteiger partial charge in [0.2, 0.25) is 5.95 Å². The zero-order valence-corrected chi connectivity index (χ0v) is 13.1. The van der Waals surface area contributed by atoms with Gasteiger partial charge in [0.15, 0.2) is 0 Å². The molecule has 0 amide bonds. The van der Waals surface area contributed by atoms with Crippen molar-refractivity contribution >= 4 is 5.95 Å². The van der Waals surface area contributed by atoms with Gasteiger partial charge in [-0.05, 0) is 51.9 Å². The molecule has 0 aliphatic carbocycles. The van der Waals surface area contributed by atoms with E-state index in [4.69, 9.17) is 15.0 Å². The molecule has 6 heteroatoms. The molecule has 0 spiro atoms. The summed E-state index contributed by atoms with van der Waals surface area (Å²) < 4.78 is 0. The van der Waals surface area contributed by atoms with Crippen molar-refractivity contribution in [3.8, 4) is 0 Å². The molecule has 0 saturated carbocycles. The summed E-state index contributed by atoms with van der Waals surface area (Å²) in [5.41, 5.74) is 0. The van der Waals surface area contributed by atoms with Crippen LogP contribution in [-0.2, 0) is 0 Å². The number of hydrogen-bond acceptors (Lipinski definition) is 6. The van der Waals surface area contributed by atoms with Crippen molar-refractivity contribution < 1.29 is 0 Å². The largest absolute Gasteiger partial charge is 0.347 e. The second-order valence-corrected chi connectivity index (χ2v) is 6.29. The fourth-order valence-corrected chi connectivity index (χ4v) is 3.12. The van der Waals surface area contributed by atoms with E-state index in [0.29, 0.717) is 11.8 Å². The molecule has 2 saturated heterocycles. The monoisotopic (exact) mass is 290 g/mol. The molecule has 0 aromatic carbocycles. The van der Waals surface area contributed by atoms with Crippen molar-refractivity contribution in [2.75, 3.05) is 45.2 Å². The van der Waals surface area contributed by atoms with E-state index in [1.165, 1.54) is 0 Å². The Morgan fingerprint density at radius 3 is 1.57 bits per heavy atom. The molecular formula is C15H26N6. The Balaban J connectivity index is 1.89. The molecule has 2 aliphatic rings. The van der Waals surface area contributed by atoms with Crippen LogP contribution in [0.3, 0.4) is 0 Å². The van der Waals surface area contributed by atoms with Crippen LogP contribution in [0.2, 0.25) is 0 Å². The minimum Gasteiger partial charge on any atom is -0.347 e. The van der Waals surface area contributed by atoms with E-state index in [1.54, 1.807) is 0 Å². The lowest BCUT2D eigenvalue weighted by atomic mass is 9.95. The molecular weight excluding hydrogens is 264 g/mol. The van der Waals surface area contributed by atoms with E-state index in [2.05, 4.69) is 10.6 Å². The summed E-state index contributed by atoms with van der Waals surface area (Å²) in [6, 6.07) is 0. The molecule has 116 valence electrons. The van der Waals surface area contributed by atoms with Crippen LogP contribution in [0.1, 0.15) is 49.2 Å². The molecule has 0 unspecified atom stereocenters. The predicted molar refractivity (Wildman–Crippen MR) is 83.8 cm³/mol. The Labute approximate surface area is 126 Å². The highest BCUT2D eigenvalue weighted by Gasteiger charge is 2.24. The van der Waals surface area contributed by atoms with Crippen LogP contribution < -0.4 is 15.5 Å². The normalized spacial score (nSPS) is 21.4. The van der Waals surface area contributed by atoms with Gasteiger partial charge in [0.05, 0.1) is 0 Å². The number of anilines is 1. The van der Waals surface area contributed by atoms with E-state index < -0.39 is 0 Å². The van der Waals surface area contributed by atoms with Crippen molar-refractivity contribution in [2.45, 2.75) is 37.5 Å². The van der Waals surface area contributed by atoms with Crippen molar-refractivity contribution in [3.63, 3.8) is 0 Å². The van der Waals surface area contributed by atoms with Crippen molar-refractivity contribution in [1.82, 2.24) is 25.6 Å². The molecule has 0 radical (unpaired) electrons. The maximum absolute atomic E-state index is 4.86. The molecule has 1 aromatic heterocycles. The third kappa shape index (κ3) is 3.49. The van der Waals surface area contributed by atoms with Crippen LogP contribution >= 0.6 is 0 Å². The van der Waals surface area contributed by atoms with Crippen molar-refractivity contribution in [3.05, 3.63) is 11.6 Å². The van der Waals surface area contributed by atoms with Gasteiger partial charge in [-0.2, -0.15) is 9.97 Å². The van der Waals surface area contributed by atoms with Gasteiger partial charge >= 0.3 is 0 Å². The van der Waals surface area contributed by atoms with Crippen LogP contribution in [0, 0.1) is 0 Å². The average molecular weight is 290 g/mol. The zero-order valence-electron chi connectivity index (χ0n) is 13.1. The summed E-state index contributed by atoms with van der Waals surface area (Å²) in [6.45, 7) is 4.26. The standard InChI is InChI=1S/C15H26N6/c1-21(2)15-19-13(11-3-7-16-8-4-11)18-14(20-15)12-5-9-17-10-6-12/h11-12,16-17H,3-10H2,1-2H3. The molecule has 0 atom stereocenters. The van der Waals surface area contributed by atoms with Crippen LogP contribution in [0.25, 0.3) is 0 Å². The second-order valence-electron chi connectivity index (χ2n) is 6.29. The highest BCUT2D eigenvalue weighted by Crippen LogP contribution is 2.27. The van der Waals surface area contributed by atoms with E-state index in [1.807, 2.05) is 19.0 Å². The van der Waals surface area contributed by atoms with Crippen LogP contribution in [-0.4, -0.2) is 55.2 Å². The number of nitrogens with one attached hydrogen (secondary N) is 2. The zero-order chi connectivity index (χ0) is 14.7. The molecule has 0 bridgehead atoms. The van der Waals surface area contributed by atoms with Gasteiger partial charge in [0.1, 0.15) is 11.6 Å². The number of aromatic nitrogens is 3. The second kappa shape index (κ2) is 6.66. The van der Waals surface area contributed by atoms with Crippen molar-refractivity contribution in [2.24, 2.45) is 0 Å². The number of nitrogens with zero attached hydrogens (tertiary/aromatic N) is 4. The Bertz CT molecular complexity index is 427. The van der Waals surface area contributed by atoms with Gasteiger partial charge in [0.25, 0.3) is 0 Å². The quantitative estimate of drug-likeness (QED) is 0.861. The highest BCUT2D eigenvalue weighted by molar-refractivity contribution is 5.28. The van der Waals surface area contributed by atoms with Crippen molar-refractivity contribution in [1.29, 1.82) is 0 Å². The molecule has 2 aliphatic heterocycles. The van der Waals surface area contributed by atoms with Gasteiger partial charge in [-0.3, -0.25) is 0 Å². The number of rotatable bonds is 3. The smallest absolute Gasteiger partial charge is 0.228 e. The number of piperidine rings is 2. The lowest BCUT2D eigenvalue weighted by Crippen LogP contribution is -2.30. The van der Waals surface area contributed by atoms with Crippen LogP contribution in [0.15, 0.2) is 0 Å². The van der Waals surface area contributed by atoms with E-state index in [-0.39, 0.29) is 0 Å². The first kappa shape index (κ1) is 14.7. The maximum Gasteiger partial charge on any atom is 0.228 e. The lowest BCUT2D eigenvalue weighted by molar-refractivity contribution is 0.424. The fraction of sp³-hybridized carbons (Fsp3) is 0.800. The van der Waals surface area contributed by atoms with Gasteiger partial charge in [0, 0.05) is 25.9 Å². The topological polar surface area (TPSA) is 66.0 Å². The summed E-state index contributed by atoms with van der Waals surface area (Å²) in [5.74, 6) is 3.78. The van der Waals surface area contributed by atoms with Gasteiger partial charge < -0.3 is 15.5 Å². The third-order valence-corrected chi connectivity index (χ3v) is 4.47. The fourth-order valence-electron chi connectivity index (χ4n) is 3.12. The molecule has 21 heavy (non-hydrogen) atoms. The van der Waals surface area contributed by atoms with Gasteiger partial charge in [-0.1, -0.05) is 0 Å². The molecule has 3 rings (SSSR count). The summed E-state index contributed by atoms with van der Waals surface area (Å²) in [6.07, 6.45) is 4.51. The molecule has 3 heterocycles. The first-order chi connectivity index (χ1) is 10.2. The van der Waals surface area contributed by atoms with Gasteiger partial charge in [-0.15, -0.1) is 0 Å². The molecule has 6 nitrogen and oxygen atoms in total. The first-order valence-electron chi connectivity index (χ1n) is 8.08. The Morgan fingerprint density at radius 1 is 0.762 bits per heavy atom. The predicted octanol–water partition coefficient (Wildman–Crippen LogP) is 0.872. The maximum atomic E-state index is 4.86. The molecule has 2 N–H and O–H groups in total. The molecule has 2 fully saturated rings. The Kier molecular flexibility index (Phi) is 4.65. The summed E-state index contributed by atoms with van der Waals surface area (Å²) in [7, 11) is 4.02. The summed E-state index contributed by atoms with van der Waals surface area (Å²) in [4.78, 5) is 16.3. The Morgan fingerprint density at radius 2 is 1.19 bits per heavy atom. The minimum atomic E-state index is 0.480. The van der Waals surface area contributed by atoms with E-state index >= 15 is 0 Å². The third-order valence-electron chi connectivity index (χ3n) is 4.47. The Hall–Kier alpha value is -1.27. The summed E-state index contributed by atoms with van der Waals surface area (Å²) in [5, 5.41) is 6.82. The van der Waals surface area contributed by atoms with Crippen LogP contribution in [0.4, 0.5) is 5.95 Å². The van der Waals surface area contributed by atoms with Crippen LogP contribution in [0.5, 0.6) is 0 Å². The van der Waals surface area contributed by atoms with Gasteiger partial charge in [-0.25, -0.2) is 4.98 Å². The highest BCUT2D eigenvalue weighted by atomic mass is 15.2. The van der Waals surface area contributed by atoms with E-state index in [0.717, 1.165) is 69.5 Å². The van der Waals surface area contributed by atoms with E-state index in [9.17, 15) is 0 Å². The first-order valence-corrected chi connectivity index (χ1v) is 8.08. The molecule has 1 aromatic rings. The minimum absolute atomic E-state index is 0.480. The SMILES string of the molecule is CN(C)c1nc(C2CCNCC2)nc(C2CCNCC2)n1. The lowest BCUT2D eigenvalue weighted by Gasteiger charge is -2.25.